The predicted molar refractivity (Wildman–Crippen MR) is 119 cm³/mol. The molecule has 0 unspecified atom stereocenters. The van der Waals surface area contributed by atoms with Crippen LogP contribution in [0, 0.1) is 18.3 Å². The van der Waals surface area contributed by atoms with Crippen LogP contribution < -0.4 is 5.32 Å². The number of nitriles is 1. The van der Waals surface area contributed by atoms with Gasteiger partial charge >= 0.3 is 0 Å². The second-order valence-electron chi connectivity index (χ2n) is 9.45. The molecule has 0 saturated carbocycles. The molecule has 0 saturated heterocycles. The third-order valence-electron chi connectivity index (χ3n) is 4.73. The number of hydrogen-bond acceptors (Lipinski definition) is 3. The average Bonchev–Trinajstić information content (AvgIpc) is 2.60. The quantitative estimate of drug-likeness (QED) is 0.511. The number of aryl methyl sites for hydroxylation is 1. The van der Waals surface area contributed by atoms with Crippen molar-refractivity contribution in [3.05, 3.63) is 64.2 Å². The van der Waals surface area contributed by atoms with Gasteiger partial charge in [0.05, 0.1) is 0 Å². The first-order chi connectivity index (χ1) is 13.3. The maximum absolute atomic E-state index is 12.6. The Morgan fingerprint density at radius 2 is 1.48 bits per heavy atom. The van der Waals surface area contributed by atoms with Crippen LogP contribution in [0.4, 0.5) is 5.69 Å². The van der Waals surface area contributed by atoms with Crippen molar-refractivity contribution in [2.75, 3.05) is 5.32 Å². The number of carbonyl (C=O) groups excluding carboxylic acids is 1. The smallest absolute Gasteiger partial charge is 0.266 e. The molecule has 0 aromatic heterocycles. The molecule has 0 aliphatic heterocycles. The van der Waals surface area contributed by atoms with E-state index in [0.717, 1.165) is 16.7 Å². The van der Waals surface area contributed by atoms with Crippen LogP contribution in [0.5, 0.6) is 5.75 Å². The van der Waals surface area contributed by atoms with Crippen LogP contribution in [-0.4, -0.2) is 11.0 Å². The molecule has 0 radical (unpaired) electrons. The number of benzene rings is 2. The van der Waals surface area contributed by atoms with Crippen LogP contribution in [0.15, 0.2) is 42.0 Å². The van der Waals surface area contributed by atoms with E-state index in [1.807, 2.05) is 78.8 Å². The molecule has 0 spiro atoms. The predicted octanol–water partition coefficient (Wildman–Crippen LogP) is 5.84. The lowest BCUT2D eigenvalue weighted by Crippen LogP contribution is -2.18. The molecule has 0 aliphatic rings. The van der Waals surface area contributed by atoms with Crippen LogP contribution in [0.3, 0.4) is 0 Å². The van der Waals surface area contributed by atoms with Gasteiger partial charge in [0, 0.05) is 16.8 Å². The van der Waals surface area contributed by atoms with Gasteiger partial charge in [-0.1, -0.05) is 59.2 Å². The Morgan fingerprint density at radius 1 is 1.00 bits per heavy atom. The number of rotatable bonds is 3. The Balaban J connectivity index is 2.50. The number of anilines is 1. The molecule has 29 heavy (non-hydrogen) atoms. The highest BCUT2D eigenvalue weighted by Crippen LogP contribution is 2.40. The van der Waals surface area contributed by atoms with Crippen molar-refractivity contribution in [3.63, 3.8) is 0 Å². The topological polar surface area (TPSA) is 73.1 Å². The summed E-state index contributed by atoms with van der Waals surface area (Å²) in [6.07, 6.45) is 1.58. The van der Waals surface area contributed by atoms with Crippen molar-refractivity contribution in [1.82, 2.24) is 0 Å². The number of phenols is 1. The first kappa shape index (κ1) is 22.2. The summed E-state index contributed by atoms with van der Waals surface area (Å²) in [4.78, 5) is 12.6. The number of amides is 1. The molecule has 2 aromatic rings. The molecule has 1 amide bonds. The highest BCUT2D eigenvalue weighted by molar-refractivity contribution is 6.09. The molecule has 0 atom stereocenters. The third kappa shape index (κ3) is 5.48. The number of phenolic OH excluding ortho intramolecular Hbond substituents is 1. The maximum Gasteiger partial charge on any atom is 0.266 e. The number of aromatic hydroxyl groups is 1. The number of nitrogens with zero attached hydrogens (tertiary/aromatic N) is 1. The summed E-state index contributed by atoms with van der Waals surface area (Å²) in [5.41, 5.74) is 3.45. The third-order valence-corrected chi connectivity index (χ3v) is 4.73. The fraction of sp³-hybridized carbons (Fsp3) is 0.360. The molecule has 0 aliphatic carbocycles. The van der Waals surface area contributed by atoms with Crippen LogP contribution in [-0.2, 0) is 15.6 Å². The summed E-state index contributed by atoms with van der Waals surface area (Å²) in [7, 11) is 0. The summed E-state index contributed by atoms with van der Waals surface area (Å²) in [5.74, 6) is -0.191. The van der Waals surface area contributed by atoms with Gasteiger partial charge in [0.15, 0.2) is 0 Å². The van der Waals surface area contributed by atoms with Crippen molar-refractivity contribution in [3.8, 4) is 11.8 Å². The summed E-state index contributed by atoms with van der Waals surface area (Å²) >= 11 is 0. The van der Waals surface area contributed by atoms with E-state index in [-0.39, 0.29) is 22.2 Å². The summed E-state index contributed by atoms with van der Waals surface area (Å²) in [6, 6.07) is 13.1. The van der Waals surface area contributed by atoms with Crippen molar-refractivity contribution in [2.45, 2.75) is 59.3 Å². The highest BCUT2D eigenvalue weighted by atomic mass is 16.3. The molecule has 0 bridgehead atoms. The minimum absolute atomic E-state index is 0.0102. The van der Waals surface area contributed by atoms with E-state index in [9.17, 15) is 15.2 Å². The Labute approximate surface area is 173 Å². The minimum atomic E-state index is -0.459. The van der Waals surface area contributed by atoms with Gasteiger partial charge in [0.2, 0.25) is 0 Å². The standard InChI is InChI=1S/C25H30N2O2/c1-16-8-10-19(11-9-16)27-23(29)18(15-26)12-17-13-20(24(2,3)4)22(28)21(14-17)25(5,6)7/h8-14,28H,1-7H3,(H,27,29)/b18-12+. The van der Waals surface area contributed by atoms with Gasteiger partial charge < -0.3 is 10.4 Å². The molecule has 0 heterocycles. The highest BCUT2D eigenvalue weighted by Gasteiger charge is 2.26. The number of hydrogen-bond donors (Lipinski definition) is 2. The van der Waals surface area contributed by atoms with E-state index in [1.165, 1.54) is 0 Å². The van der Waals surface area contributed by atoms with E-state index in [4.69, 9.17) is 0 Å². The molecular formula is C25H30N2O2. The molecule has 4 nitrogen and oxygen atoms in total. The van der Waals surface area contributed by atoms with Crippen LogP contribution in [0.2, 0.25) is 0 Å². The fourth-order valence-electron chi connectivity index (χ4n) is 3.03. The zero-order valence-electron chi connectivity index (χ0n) is 18.3. The van der Waals surface area contributed by atoms with E-state index >= 15 is 0 Å². The average molecular weight is 391 g/mol. The molecule has 2 aromatic carbocycles. The Kier molecular flexibility index (Phi) is 6.23. The van der Waals surface area contributed by atoms with E-state index in [2.05, 4.69) is 5.32 Å². The Hall–Kier alpha value is -3.06. The molecule has 2 N–H and O–H groups in total. The first-order valence-electron chi connectivity index (χ1n) is 9.70. The zero-order valence-corrected chi connectivity index (χ0v) is 18.3. The lowest BCUT2D eigenvalue weighted by atomic mass is 9.78. The molecule has 0 fully saturated rings. The van der Waals surface area contributed by atoms with Crippen LogP contribution in [0.1, 0.15) is 63.8 Å². The van der Waals surface area contributed by atoms with E-state index < -0.39 is 5.91 Å². The molecule has 4 heteroatoms. The Bertz CT molecular complexity index is 944. The summed E-state index contributed by atoms with van der Waals surface area (Å²) in [5, 5.41) is 23.2. The molecule has 2 rings (SSSR count). The van der Waals surface area contributed by atoms with Crippen molar-refractivity contribution >= 4 is 17.7 Å². The van der Waals surface area contributed by atoms with Crippen molar-refractivity contribution in [2.24, 2.45) is 0 Å². The zero-order chi connectivity index (χ0) is 22.0. The number of carbonyl (C=O) groups is 1. The summed E-state index contributed by atoms with van der Waals surface area (Å²) < 4.78 is 0. The van der Waals surface area contributed by atoms with Gasteiger partial charge in [-0.05, 0) is 53.7 Å². The van der Waals surface area contributed by atoms with Crippen molar-refractivity contribution < 1.29 is 9.90 Å². The maximum atomic E-state index is 12.6. The second kappa shape index (κ2) is 8.13. The van der Waals surface area contributed by atoms with Gasteiger partial charge in [-0.3, -0.25) is 4.79 Å². The number of nitrogens with one attached hydrogen (secondary N) is 1. The first-order valence-corrected chi connectivity index (χ1v) is 9.70. The minimum Gasteiger partial charge on any atom is -0.507 e. The lowest BCUT2D eigenvalue weighted by Gasteiger charge is -2.28. The van der Waals surface area contributed by atoms with Gasteiger partial charge in [-0.25, -0.2) is 0 Å². The van der Waals surface area contributed by atoms with Crippen LogP contribution in [0.25, 0.3) is 6.08 Å². The summed E-state index contributed by atoms with van der Waals surface area (Å²) in [6.45, 7) is 14.1. The van der Waals surface area contributed by atoms with E-state index in [1.54, 1.807) is 18.2 Å². The van der Waals surface area contributed by atoms with Gasteiger partial charge in [-0.15, -0.1) is 0 Å². The molecular weight excluding hydrogens is 360 g/mol. The largest absolute Gasteiger partial charge is 0.507 e. The van der Waals surface area contributed by atoms with Gasteiger partial charge in [0.1, 0.15) is 17.4 Å². The normalized spacial score (nSPS) is 12.4. The Morgan fingerprint density at radius 3 is 1.90 bits per heavy atom. The fourth-order valence-corrected chi connectivity index (χ4v) is 3.03. The monoisotopic (exact) mass is 390 g/mol. The van der Waals surface area contributed by atoms with Crippen molar-refractivity contribution in [1.29, 1.82) is 5.26 Å². The van der Waals surface area contributed by atoms with Gasteiger partial charge in [-0.2, -0.15) is 5.26 Å². The van der Waals surface area contributed by atoms with Gasteiger partial charge in [0.25, 0.3) is 5.91 Å². The lowest BCUT2D eigenvalue weighted by molar-refractivity contribution is -0.112. The van der Waals surface area contributed by atoms with Crippen LogP contribution >= 0.6 is 0 Å². The second-order valence-corrected chi connectivity index (χ2v) is 9.45. The van der Waals surface area contributed by atoms with E-state index in [0.29, 0.717) is 11.3 Å². The molecule has 152 valence electrons. The SMILES string of the molecule is Cc1ccc(NC(=O)/C(C#N)=C/c2cc(C(C)(C)C)c(O)c(C(C)(C)C)c2)cc1.